The third kappa shape index (κ3) is 4.19. The monoisotopic (exact) mass is 377 g/mol. The Kier molecular flexibility index (Phi) is 6.30. The maximum absolute atomic E-state index is 12.7. The number of carbonyl (C=O) groups excluding carboxylic acids is 1. The van der Waals surface area contributed by atoms with Crippen LogP contribution in [0.4, 0.5) is 0 Å². The number of carbonyl (C=O) groups is 1. The number of thiazole rings is 1. The fourth-order valence-electron chi connectivity index (χ4n) is 2.85. The zero-order valence-corrected chi connectivity index (χ0v) is 17.0. The first-order chi connectivity index (χ1) is 12.1. The molecule has 1 atom stereocenters. The molecular weight excluding hydrogens is 350 g/mol. The Hall–Kier alpha value is -2.06. The van der Waals surface area contributed by atoms with E-state index in [1.165, 1.54) is 16.0 Å². The van der Waals surface area contributed by atoms with E-state index in [1.807, 2.05) is 13.8 Å². The van der Waals surface area contributed by atoms with E-state index in [2.05, 4.69) is 29.2 Å². The van der Waals surface area contributed by atoms with Gasteiger partial charge in [-0.3, -0.25) is 9.59 Å². The minimum atomic E-state index is -0.214. The maximum atomic E-state index is 12.7. The Morgan fingerprint density at radius 2 is 1.92 bits per heavy atom. The molecule has 0 aromatic carbocycles. The normalized spacial score (nSPS) is 12.5. The van der Waals surface area contributed by atoms with Crippen LogP contribution in [0, 0.1) is 26.7 Å². The van der Waals surface area contributed by atoms with Crippen LogP contribution in [0.15, 0.2) is 4.79 Å². The smallest absolute Gasteiger partial charge is 0.277 e. The molecule has 0 saturated carbocycles. The van der Waals surface area contributed by atoms with Crippen LogP contribution in [0.2, 0.25) is 0 Å². The number of rotatable bonds is 6. The summed E-state index contributed by atoms with van der Waals surface area (Å²) in [6, 6.07) is -0.0785. The van der Waals surface area contributed by atoms with E-state index in [0.29, 0.717) is 33.6 Å². The van der Waals surface area contributed by atoms with Crippen LogP contribution >= 0.6 is 11.3 Å². The van der Waals surface area contributed by atoms with Crippen molar-refractivity contribution in [3.8, 4) is 10.6 Å². The second-order valence-corrected chi connectivity index (χ2v) is 7.98. The van der Waals surface area contributed by atoms with Crippen LogP contribution in [-0.2, 0) is 7.05 Å². The minimum Gasteiger partial charge on any atom is -0.347 e. The highest BCUT2D eigenvalue weighted by atomic mass is 32.1. The quantitative estimate of drug-likeness (QED) is 0.801. The molecule has 1 amide bonds. The van der Waals surface area contributed by atoms with Crippen molar-refractivity contribution in [1.29, 1.82) is 0 Å². The Morgan fingerprint density at radius 1 is 1.27 bits per heavy atom. The van der Waals surface area contributed by atoms with Crippen molar-refractivity contribution in [3.63, 3.8) is 0 Å². The number of nitrogens with one attached hydrogen (secondary N) is 1. The number of amides is 1. The summed E-state index contributed by atoms with van der Waals surface area (Å²) < 4.78 is 1.31. The average molecular weight is 378 g/mol. The van der Waals surface area contributed by atoms with Gasteiger partial charge in [-0.05, 0) is 38.7 Å². The van der Waals surface area contributed by atoms with Gasteiger partial charge in [-0.2, -0.15) is 5.10 Å². The molecule has 2 heterocycles. The topological polar surface area (TPSA) is 103 Å². The number of aromatic nitrogens is 3. The molecule has 8 heteroatoms. The molecule has 0 aliphatic rings. The lowest BCUT2D eigenvalue weighted by Gasteiger charge is -2.18. The second-order valence-electron chi connectivity index (χ2n) is 6.98. The van der Waals surface area contributed by atoms with Crippen LogP contribution < -0.4 is 16.6 Å². The SMILES string of the molecule is Cc1nc(-c2c(C)c(C)nn(C)c2=O)sc1C(=O)NC(CN)CC(C)C. The van der Waals surface area contributed by atoms with Gasteiger partial charge in [-0.15, -0.1) is 11.3 Å². The van der Waals surface area contributed by atoms with E-state index in [4.69, 9.17) is 5.73 Å². The van der Waals surface area contributed by atoms with Gasteiger partial charge in [-0.1, -0.05) is 13.8 Å². The molecule has 2 aromatic heterocycles. The average Bonchev–Trinajstić information content (AvgIpc) is 2.93. The number of hydrogen-bond donors (Lipinski definition) is 2. The van der Waals surface area contributed by atoms with Crippen molar-refractivity contribution in [2.24, 2.45) is 18.7 Å². The van der Waals surface area contributed by atoms with Crippen molar-refractivity contribution in [2.45, 2.75) is 47.1 Å². The van der Waals surface area contributed by atoms with Gasteiger partial charge in [0.15, 0.2) is 0 Å². The van der Waals surface area contributed by atoms with Gasteiger partial charge in [0.05, 0.1) is 17.0 Å². The predicted molar refractivity (Wildman–Crippen MR) is 105 cm³/mol. The first-order valence-electron chi connectivity index (χ1n) is 8.68. The van der Waals surface area contributed by atoms with Crippen LogP contribution in [0.1, 0.15) is 46.9 Å². The van der Waals surface area contributed by atoms with Crippen molar-refractivity contribution < 1.29 is 4.79 Å². The minimum absolute atomic E-state index is 0.0785. The van der Waals surface area contributed by atoms with Gasteiger partial charge in [0.1, 0.15) is 9.88 Å². The highest BCUT2D eigenvalue weighted by molar-refractivity contribution is 7.17. The van der Waals surface area contributed by atoms with Gasteiger partial charge in [0.2, 0.25) is 0 Å². The van der Waals surface area contributed by atoms with Gasteiger partial charge < -0.3 is 11.1 Å². The lowest BCUT2D eigenvalue weighted by atomic mass is 10.0. The number of aryl methyl sites for hydroxylation is 3. The molecule has 0 spiro atoms. The van der Waals surface area contributed by atoms with E-state index < -0.39 is 0 Å². The zero-order chi connectivity index (χ0) is 19.6. The Balaban J connectivity index is 2.39. The molecule has 2 aromatic rings. The summed E-state index contributed by atoms with van der Waals surface area (Å²) in [7, 11) is 1.62. The summed E-state index contributed by atoms with van der Waals surface area (Å²) in [5.41, 5.74) is 8.23. The molecule has 0 fully saturated rings. The third-order valence-electron chi connectivity index (χ3n) is 4.32. The molecule has 7 nitrogen and oxygen atoms in total. The largest absolute Gasteiger partial charge is 0.347 e. The highest BCUT2D eigenvalue weighted by Gasteiger charge is 2.22. The van der Waals surface area contributed by atoms with Crippen LogP contribution in [0.25, 0.3) is 10.6 Å². The second kappa shape index (κ2) is 8.09. The van der Waals surface area contributed by atoms with E-state index in [1.54, 1.807) is 14.0 Å². The molecule has 2 rings (SSSR count). The van der Waals surface area contributed by atoms with E-state index in [-0.39, 0.29) is 17.5 Å². The molecule has 26 heavy (non-hydrogen) atoms. The van der Waals surface area contributed by atoms with E-state index in [9.17, 15) is 9.59 Å². The molecular formula is C18H27N5O2S. The summed E-state index contributed by atoms with van der Waals surface area (Å²) >= 11 is 1.23. The third-order valence-corrected chi connectivity index (χ3v) is 5.49. The van der Waals surface area contributed by atoms with E-state index >= 15 is 0 Å². The van der Waals surface area contributed by atoms with Gasteiger partial charge in [-0.25, -0.2) is 9.67 Å². The zero-order valence-electron chi connectivity index (χ0n) is 16.2. The van der Waals surface area contributed by atoms with Crippen molar-refractivity contribution >= 4 is 17.2 Å². The lowest BCUT2D eigenvalue weighted by molar-refractivity contribution is 0.0937. The van der Waals surface area contributed by atoms with E-state index in [0.717, 1.165) is 17.7 Å². The number of hydrogen-bond acceptors (Lipinski definition) is 6. The van der Waals surface area contributed by atoms with Gasteiger partial charge in [0, 0.05) is 19.6 Å². The highest BCUT2D eigenvalue weighted by Crippen LogP contribution is 2.28. The van der Waals surface area contributed by atoms with Crippen LogP contribution in [0.3, 0.4) is 0 Å². The van der Waals surface area contributed by atoms with Crippen LogP contribution in [-0.4, -0.2) is 33.3 Å². The predicted octanol–water partition coefficient (Wildman–Crippen LogP) is 1.93. The summed E-state index contributed by atoms with van der Waals surface area (Å²) in [4.78, 5) is 30.2. The van der Waals surface area contributed by atoms with Crippen molar-refractivity contribution in [2.75, 3.05) is 6.54 Å². The van der Waals surface area contributed by atoms with Gasteiger partial charge >= 0.3 is 0 Å². The maximum Gasteiger partial charge on any atom is 0.277 e. The fourth-order valence-corrected chi connectivity index (χ4v) is 3.91. The van der Waals surface area contributed by atoms with Crippen LogP contribution in [0.5, 0.6) is 0 Å². The number of nitrogens with two attached hydrogens (primary N) is 1. The molecule has 0 saturated heterocycles. The molecule has 142 valence electrons. The molecule has 0 aliphatic carbocycles. The molecule has 0 radical (unpaired) electrons. The fraction of sp³-hybridized carbons (Fsp3) is 0.556. The molecule has 3 N–H and O–H groups in total. The lowest BCUT2D eigenvalue weighted by Crippen LogP contribution is -2.41. The molecule has 0 aliphatic heterocycles. The van der Waals surface area contributed by atoms with Crippen molar-refractivity contribution in [3.05, 3.63) is 32.2 Å². The molecule has 1 unspecified atom stereocenters. The molecule has 0 bridgehead atoms. The first-order valence-corrected chi connectivity index (χ1v) is 9.50. The van der Waals surface area contributed by atoms with Gasteiger partial charge in [0.25, 0.3) is 11.5 Å². The number of nitrogens with zero attached hydrogens (tertiary/aromatic N) is 3. The Morgan fingerprint density at radius 3 is 2.50 bits per heavy atom. The Labute approximate surface area is 157 Å². The first kappa shape index (κ1) is 20.3. The van der Waals surface area contributed by atoms with Crippen molar-refractivity contribution in [1.82, 2.24) is 20.1 Å². The summed E-state index contributed by atoms with van der Waals surface area (Å²) in [6.07, 6.45) is 0.816. The summed E-state index contributed by atoms with van der Waals surface area (Å²) in [5.74, 6) is 0.245. The Bertz CT molecular complexity index is 869. The standard InChI is InChI=1S/C18H27N5O2S/c1-9(2)7-13(8-19)21-16(24)15-12(5)20-17(26-15)14-10(3)11(4)22-23(6)18(14)25/h9,13H,7-8,19H2,1-6H3,(H,21,24). The summed E-state index contributed by atoms with van der Waals surface area (Å²) in [5, 5.41) is 7.72. The summed E-state index contributed by atoms with van der Waals surface area (Å²) in [6.45, 7) is 10.1.